The third-order valence-corrected chi connectivity index (χ3v) is 7.64. The van der Waals surface area contributed by atoms with Gasteiger partial charge in [0.25, 0.3) is 0 Å². The van der Waals surface area contributed by atoms with E-state index in [2.05, 4.69) is 28.1 Å². The van der Waals surface area contributed by atoms with Crippen molar-refractivity contribution in [2.24, 2.45) is 13.0 Å². The van der Waals surface area contributed by atoms with Crippen LogP contribution in [-0.4, -0.2) is 76.2 Å². The molecule has 1 unspecified atom stereocenters. The number of hydrogen-bond donors (Lipinski definition) is 1. The van der Waals surface area contributed by atoms with Gasteiger partial charge in [0.15, 0.2) is 0 Å². The SMILES string of the molecule is CC1CC(OCCN2CCN(Cc3ccc4c(c3)n(C)c(=O)n4C3CCC(=O)NC3=O)CC2)C1. The van der Waals surface area contributed by atoms with Gasteiger partial charge in [-0.25, -0.2) is 4.79 Å². The van der Waals surface area contributed by atoms with Crippen molar-refractivity contribution in [2.45, 2.75) is 51.3 Å². The zero-order valence-electron chi connectivity index (χ0n) is 20.2. The van der Waals surface area contributed by atoms with Gasteiger partial charge in [0.05, 0.1) is 23.7 Å². The molecule has 0 spiro atoms. The first-order chi connectivity index (χ1) is 16.4. The molecule has 2 amide bonds. The maximum atomic E-state index is 13.0. The number of carbonyl (C=O) groups is 2. The van der Waals surface area contributed by atoms with Crippen molar-refractivity contribution in [3.05, 3.63) is 34.2 Å². The third kappa shape index (κ3) is 4.69. The Morgan fingerprint density at radius 2 is 1.76 bits per heavy atom. The lowest BCUT2D eigenvalue weighted by Crippen LogP contribution is -2.47. The fraction of sp³-hybridized carbons (Fsp3) is 0.640. The van der Waals surface area contributed by atoms with Gasteiger partial charge in [-0.05, 0) is 42.9 Å². The minimum Gasteiger partial charge on any atom is -0.377 e. The van der Waals surface area contributed by atoms with E-state index in [1.165, 1.54) is 17.4 Å². The predicted octanol–water partition coefficient (Wildman–Crippen LogP) is 1.25. The molecule has 1 atom stereocenters. The summed E-state index contributed by atoms with van der Waals surface area (Å²) in [7, 11) is 1.74. The summed E-state index contributed by atoms with van der Waals surface area (Å²) in [4.78, 5) is 41.8. The van der Waals surface area contributed by atoms with Gasteiger partial charge in [-0.1, -0.05) is 13.0 Å². The number of hydrogen-bond acceptors (Lipinski definition) is 6. The average molecular weight is 470 g/mol. The molecule has 1 aromatic heterocycles. The number of aryl methyl sites for hydroxylation is 1. The molecule has 184 valence electrons. The lowest BCUT2D eigenvalue weighted by molar-refractivity contribution is -0.135. The number of piperazine rings is 1. The molecule has 3 heterocycles. The minimum atomic E-state index is -0.649. The van der Waals surface area contributed by atoms with Crippen molar-refractivity contribution in [1.29, 1.82) is 0 Å². The molecule has 1 N–H and O–H groups in total. The maximum Gasteiger partial charge on any atom is 0.329 e. The molecule has 3 fully saturated rings. The summed E-state index contributed by atoms with van der Waals surface area (Å²) >= 11 is 0. The number of nitrogens with one attached hydrogen (secondary N) is 1. The zero-order chi connectivity index (χ0) is 23.8. The van der Waals surface area contributed by atoms with E-state index >= 15 is 0 Å². The summed E-state index contributed by atoms with van der Waals surface area (Å²) in [5.41, 5.74) is 2.47. The number of aromatic nitrogens is 2. The van der Waals surface area contributed by atoms with E-state index < -0.39 is 11.9 Å². The molecule has 9 heteroatoms. The lowest BCUT2D eigenvalue weighted by Gasteiger charge is -2.36. The Labute approximate surface area is 199 Å². The Hall–Kier alpha value is -2.49. The number of amides is 2. The number of piperidine rings is 1. The van der Waals surface area contributed by atoms with Gasteiger partial charge in [-0.3, -0.25) is 33.8 Å². The quantitative estimate of drug-likeness (QED) is 0.614. The van der Waals surface area contributed by atoms with Crippen LogP contribution in [0.25, 0.3) is 11.0 Å². The van der Waals surface area contributed by atoms with Crippen LogP contribution in [0.4, 0.5) is 0 Å². The van der Waals surface area contributed by atoms with Gasteiger partial charge >= 0.3 is 5.69 Å². The second-order valence-corrected chi connectivity index (χ2v) is 10.2. The second-order valence-electron chi connectivity index (χ2n) is 10.2. The van der Waals surface area contributed by atoms with Gasteiger partial charge in [-0.15, -0.1) is 0 Å². The van der Waals surface area contributed by atoms with Crippen molar-refractivity contribution in [2.75, 3.05) is 39.3 Å². The summed E-state index contributed by atoms with van der Waals surface area (Å²) in [6.45, 7) is 9.03. The number of benzene rings is 1. The molecule has 0 radical (unpaired) electrons. The van der Waals surface area contributed by atoms with Crippen molar-refractivity contribution in [3.8, 4) is 0 Å². The fourth-order valence-corrected chi connectivity index (χ4v) is 5.48. The largest absolute Gasteiger partial charge is 0.377 e. The standard InChI is InChI=1S/C25H35N5O4/c1-17-13-19(14-17)34-12-11-28-7-9-29(10-8-28)16-18-3-4-20-22(15-18)27(2)25(33)30(20)21-5-6-23(31)26-24(21)32/h3-4,15,17,19,21H,5-14,16H2,1-2H3,(H,26,31,32). The van der Waals surface area contributed by atoms with Gasteiger partial charge in [0.2, 0.25) is 11.8 Å². The molecule has 1 aliphatic carbocycles. The molecule has 1 aromatic carbocycles. The predicted molar refractivity (Wildman–Crippen MR) is 128 cm³/mol. The van der Waals surface area contributed by atoms with E-state index in [1.807, 2.05) is 12.1 Å². The smallest absolute Gasteiger partial charge is 0.329 e. The molecule has 9 nitrogen and oxygen atoms in total. The van der Waals surface area contributed by atoms with Crippen LogP contribution in [0.1, 0.15) is 44.2 Å². The number of imidazole rings is 1. The molecule has 3 aliphatic rings. The van der Waals surface area contributed by atoms with Gasteiger partial charge in [-0.2, -0.15) is 0 Å². The van der Waals surface area contributed by atoms with Crippen molar-refractivity contribution >= 4 is 22.8 Å². The molecule has 34 heavy (non-hydrogen) atoms. The van der Waals surface area contributed by atoms with Crippen LogP contribution in [-0.2, 0) is 27.9 Å². The van der Waals surface area contributed by atoms with Crippen molar-refractivity contribution in [1.82, 2.24) is 24.3 Å². The Balaban J connectivity index is 1.19. The Bertz CT molecular complexity index is 1120. The zero-order valence-corrected chi connectivity index (χ0v) is 20.2. The topological polar surface area (TPSA) is 88.8 Å². The highest BCUT2D eigenvalue weighted by Crippen LogP contribution is 2.29. The van der Waals surface area contributed by atoms with Crippen LogP contribution in [0.15, 0.2) is 23.0 Å². The normalized spacial score (nSPS) is 26.6. The van der Waals surface area contributed by atoms with Crippen LogP contribution in [0.3, 0.4) is 0 Å². The minimum absolute atomic E-state index is 0.228. The Morgan fingerprint density at radius 3 is 2.47 bits per heavy atom. The van der Waals surface area contributed by atoms with Crippen LogP contribution < -0.4 is 11.0 Å². The summed E-state index contributed by atoms with van der Waals surface area (Å²) < 4.78 is 9.10. The average Bonchev–Trinajstić information content (AvgIpc) is 3.04. The molecular weight excluding hydrogens is 434 g/mol. The first-order valence-electron chi connectivity index (χ1n) is 12.5. The number of imide groups is 1. The molecular formula is C25H35N5O4. The van der Waals surface area contributed by atoms with Gasteiger partial charge < -0.3 is 4.74 Å². The van der Waals surface area contributed by atoms with Gasteiger partial charge in [0, 0.05) is 52.7 Å². The first-order valence-corrected chi connectivity index (χ1v) is 12.5. The molecule has 5 rings (SSSR count). The van der Waals surface area contributed by atoms with E-state index in [0.717, 1.165) is 68.4 Å². The highest BCUT2D eigenvalue weighted by molar-refractivity contribution is 6.00. The Morgan fingerprint density at radius 1 is 1.03 bits per heavy atom. The Kier molecular flexibility index (Phi) is 6.59. The van der Waals surface area contributed by atoms with E-state index in [4.69, 9.17) is 4.74 Å². The maximum absolute atomic E-state index is 13.0. The van der Waals surface area contributed by atoms with Crippen LogP contribution in [0.5, 0.6) is 0 Å². The van der Waals surface area contributed by atoms with E-state index in [-0.39, 0.29) is 18.0 Å². The van der Waals surface area contributed by atoms with E-state index in [0.29, 0.717) is 12.5 Å². The van der Waals surface area contributed by atoms with Crippen molar-refractivity contribution < 1.29 is 14.3 Å². The summed E-state index contributed by atoms with van der Waals surface area (Å²) in [5.74, 6) is 0.143. The van der Waals surface area contributed by atoms with Crippen LogP contribution in [0, 0.1) is 5.92 Å². The number of rotatable bonds is 7. The van der Waals surface area contributed by atoms with Gasteiger partial charge in [0.1, 0.15) is 6.04 Å². The van der Waals surface area contributed by atoms with E-state index in [1.54, 1.807) is 11.6 Å². The number of nitrogens with zero attached hydrogens (tertiary/aromatic N) is 4. The molecule has 2 saturated heterocycles. The fourth-order valence-electron chi connectivity index (χ4n) is 5.48. The summed E-state index contributed by atoms with van der Waals surface area (Å²) in [6, 6.07) is 5.39. The molecule has 1 saturated carbocycles. The lowest BCUT2D eigenvalue weighted by atomic mass is 9.84. The number of carbonyl (C=O) groups excluding carboxylic acids is 2. The third-order valence-electron chi connectivity index (χ3n) is 7.64. The van der Waals surface area contributed by atoms with Crippen LogP contribution in [0.2, 0.25) is 0 Å². The monoisotopic (exact) mass is 469 g/mol. The van der Waals surface area contributed by atoms with Crippen LogP contribution >= 0.6 is 0 Å². The molecule has 2 aromatic rings. The number of ether oxygens (including phenoxy) is 1. The van der Waals surface area contributed by atoms with Crippen molar-refractivity contribution in [3.63, 3.8) is 0 Å². The first kappa shape index (κ1) is 23.3. The van der Waals surface area contributed by atoms with E-state index in [9.17, 15) is 14.4 Å². The molecule has 0 bridgehead atoms. The summed E-state index contributed by atoms with van der Waals surface area (Å²) in [5, 5.41) is 2.36. The second kappa shape index (κ2) is 9.64. The summed E-state index contributed by atoms with van der Waals surface area (Å²) in [6.07, 6.45) is 3.49. The highest BCUT2D eigenvalue weighted by atomic mass is 16.5. The highest BCUT2D eigenvalue weighted by Gasteiger charge is 2.31. The molecule has 2 aliphatic heterocycles. The number of fused-ring (bicyclic) bond motifs is 1.